The summed E-state index contributed by atoms with van der Waals surface area (Å²) in [6, 6.07) is 5.13. The Hall–Kier alpha value is -1.68. The Kier molecular flexibility index (Phi) is 8.94. The summed E-state index contributed by atoms with van der Waals surface area (Å²) in [6.45, 7) is 15.5. The van der Waals surface area contributed by atoms with Gasteiger partial charge in [0.25, 0.3) is 0 Å². The fourth-order valence-corrected chi connectivity index (χ4v) is 6.70. The van der Waals surface area contributed by atoms with Crippen molar-refractivity contribution in [1.82, 2.24) is 5.32 Å². The van der Waals surface area contributed by atoms with Crippen LogP contribution in [0, 0.1) is 23.7 Å². The molecule has 1 unspecified atom stereocenters. The molecular formula is C28H39Cl2NO7S. The molecule has 0 heterocycles. The first-order valence-electron chi connectivity index (χ1n) is 12.9. The second-order valence-electron chi connectivity index (χ2n) is 13.1. The SMILES string of the molecule is CC(C)(C)OC(=O)N[C@@]1(C(=O)OC(C)(C)C)[C@H](CSc2ccc(Cl)c(Cl)c2)[C@@H](O)C2[C@H](C(=O)OC(C)(C)C)[C@H]21. The number of fused-ring (bicyclic) bond motifs is 1. The quantitative estimate of drug-likeness (QED) is 0.235. The van der Waals surface area contributed by atoms with Crippen molar-refractivity contribution in [1.29, 1.82) is 0 Å². The summed E-state index contributed by atoms with van der Waals surface area (Å²) >= 11 is 13.6. The smallest absolute Gasteiger partial charge is 0.408 e. The highest BCUT2D eigenvalue weighted by Gasteiger charge is 2.80. The molecule has 2 aliphatic carbocycles. The molecule has 1 aromatic rings. The molecule has 0 saturated heterocycles. The molecule has 0 bridgehead atoms. The van der Waals surface area contributed by atoms with Crippen LogP contribution in [0.1, 0.15) is 62.3 Å². The molecule has 3 rings (SSSR count). The number of alkyl carbamates (subject to hydrolysis) is 1. The second kappa shape index (κ2) is 11.0. The van der Waals surface area contributed by atoms with E-state index < -0.39 is 70.1 Å². The lowest BCUT2D eigenvalue weighted by atomic mass is 9.80. The van der Waals surface area contributed by atoms with Crippen LogP contribution in [0.4, 0.5) is 4.79 Å². The highest BCUT2D eigenvalue weighted by atomic mass is 35.5. The van der Waals surface area contributed by atoms with Crippen molar-refractivity contribution in [2.75, 3.05) is 5.75 Å². The maximum atomic E-state index is 14.0. The number of thioether (sulfide) groups is 1. The van der Waals surface area contributed by atoms with Crippen molar-refractivity contribution in [3.8, 4) is 0 Å². The Balaban J connectivity index is 2.05. The van der Waals surface area contributed by atoms with Gasteiger partial charge in [-0.15, -0.1) is 11.8 Å². The van der Waals surface area contributed by atoms with E-state index >= 15 is 0 Å². The summed E-state index contributed by atoms with van der Waals surface area (Å²) in [5, 5.41) is 15.1. The average Bonchev–Trinajstić information content (AvgIpc) is 3.42. The number of rotatable bonds is 6. The van der Waals surface area contributed by atoms with Crippen molar-refractivity contribution in [2.45, 2.75) is 95.7 Å². The minimum Gasteiger partial charge on any atom is -0.460 e. The van der Waals surface area contributed by atoms with Gasteiger partial charge < -0.3 is 24.6 Å². The van der Waals surface area contributed by atoms with Crippen molar-refractivity contribution in [3.05, 3.63) is 28.2 Å². The number of ether oxygens (including phenoxy) is 3. The maximum absolute atomic E-state index is 14.0. The molecule has 1 aromatic carbocycles. The Morgan fingerprint density at radius 1 is 0.923 bits per heavy atom. The summed E-state index contributed by atoms with van der Waals surface area (Å²) < 4.78 is 17.0. The zero-order valence-corrected chi connectivity index (χ0v) is 26.2. The van der Waals surface area contributed by atoms with Crippen LogP contribution in [0.2, 0.25) is 10.0 Å². The van der Waals surface area contributed by atoms with Gasteiger partial charge in [-0.1, -0.05) is 23.2 Å². The number of carbonyl (C=O) groups is 3. The van der Waals surface area contributed by atoms with Crippen molar-refractivity contribution in [3.63, 3.8) is 0 Å². The topological polar surface area (TPSA) is 111 Å². The van der Waals surface area contributed by atoms with Crippen LogP contribution in [0.3, 0.4) is 0 Å². The second-order valence-corrected chi connectivity index (χ2v) is 15.1. The number of hydrogen-bond donors (Lipinski definition) is 2. The first kappa shape index (κ1) is 31.8. The Labute approximate surface area is 244 Å². The fourth-order valence-electron chi connectivity index (χ4n) is 5.14. The molecule has 2 N–H and O–H groups in total. The fraction of sp³-hybridized carbons (Fsp3) is 0.679. The van der Waals surface area contributed by atoms with E-state index in [0.29, 0.717) is 10.0 Å². The van der Waals surface area contributed by atoms with Crippen LogP contribution >= 0.6 is 35.0 Å². The molecule has 0 radical (unpaired) electrons. The molecule has 0 aliphatic heterocycles. The first-order chi connectivity index (χ1) is 17.7. The number of carbonyl (C=O) groups excluding carboxylic acids is 3. The third kappa shape index (κ3) is 7.34. The molecule has 1 amide bonds. The Morgan fingerprint density at radius 2 is 1.49 bits per heavy atom. The summed E-state index contributed by atoms with van der Waals surface area (Å²) in [5.41, 5.74) is -4.27. The minimum absolute atomic E-state index is 0.211. The van der Waals surface area contributed by atoms with Gasteiger partial charge >= 0.3 is 18.0 Å². The number of aliphatic hydroxyl groups is 1. The number of aliphatic hydroxyl groups excluding tert-OH is 1. The monoisotopic (exact) mass is 603 g/mol. The predicted octanol–water partition coefficient (Wildman–Crippen LogP) is 5.89. The number of esters is 2. The molecule has 11 heteroatoms. The highest BCUT2D eigenvalue weighted by molar-refractivity contribution is 7.99. The van der Waals surface area contributed by atoms with Crippen LogP contribution in [-0.2, 0) is 23.8 Å². The van der Waals surface area contributed by atoms with Crippen LogP contribution in [0.25, 0.3) is 0 Å². The van der Waals surface area contributed by atoms with Gasteiger partial charge in [0.05, 0.1) is 22.1 Å². The van der Waals surface area contributed by atoms with Gasteiger partial charge in [0.2, 0.25) is 0 Å². The summed E-state index contributed by atoms with van der Waals surface area (Å²) in [7, 11) is 0. The lowest BCUT2D eigenvalue weighted by Crippen LogP contribution is -2.64. The lowest BCUT2D eigenvalue weighted by molar-refractivity contribution is -0.169. The van der Waals surface area contributed by atoms with E-state index in [9.17, 15) is 19.5 Å². The van der Waals surface area contributed by atoms with Gasteiger partial charge in [0.1, 0.15) is 16.8 Å². The van der Waals surface area contributed by atoms with E-state index in [4.69, 9.17) is 37.4 Å². The van der Waals surface area contributed by atoms with E-state index in [-0.39, 0.29) is 5.75 Å². The molecule has 39 heavy (non-hydrogen) atoms. The number of halogens is 2. The molecular weight excluding hydrogens is 565 g/mol. The Bertz CT molecular complexity index is 1120. The largest absolute Gasteiger partial charge is 0.460 e. The molecule has 8 nitrogen and oxygen atoms in total. The van der Waals surface area contributed by atoms with Gasteiger partial charge in [-0.3, -0.25) is 4.79 Å². The number of benzene rings is 1. The van der Waals surface area contributed by atoms with E-state index in [1.165, 1.54) is 11.8 Å². The van der Waals surface area contributed by atoms with Crippen LogP contribution in [0.5, 0.6) is 0 Å². The number of amides is 1. The van der Waals surface area contributed by atoms with Crippen LogP contribution in [-0.4, -0.2) is 57.3 Å². The maximum Gasteiger partial charge on any atom is 0.408 e. The van der Waals surface area contributed by atoms with Crippen molar-refractivity contribution >= 4 is 53.0 Å². The zero-order valence-electron chi connectivity index (χ0n) is 23.9. The molecule has 2 saturated carbocycles. The minimum atomic E-state index is -1.75. The van der Waals surface area contributed by atoms with Gasteiger partial charge in [-0.2, -0.15) is 0 Å². The normalized spacial score (nSPS) is 28.4. The summed E-state index contributed by atoms with van der Waals surface area (Å²) in [6.07, 6.45) is -1.95. The summed E-state index contributed by atoms with van der Waals surface area (Å²) in [4.78, 5) is 41.2. The Morgan fingerprint density at radius 3 is 2.00 bits per heavy atom. The molecule has 2 fully saturated rings. The molecule has 0 aromatic heterocycles. The van der Waals surface area contributed by atoms with Gasteiger partial charge in [-0.25, -0.2) is 9.59 Å². The molecule has 218 valence electrons. The van der Waals surface area contributed by atoms with E-state index in [1.807, 2.05) is 0 Å². The molecule has 0 spiro atoms. The van der Waals surface area contributed by atoms with E-state index in [1.54, 1.807) is 80.5 Å². The number of nitrogens with one attached hydrogen (secondary N) is 1. The predicted molar refractivity (Wildman–Crippen MR) is 151 cm³/mol. The zero-order chi connectivity index (χ0) is 29.7. The van der Waals surface area contributed by atoms with Crippen LogP contribution in [0.15, 0.2) is 23.1 Å². The summed E-state index contributed by atoms with van der Waals surface area (Å²) in [5.74, 6) is -4.03. The first-order valence-corrected chi connectivity index (χ1v) is 14.6. The van der Waals surface area contributed by atoms with Crippen LogP contribution < -0.4 is 5.32 Å². The van der Waals surface area contributed by atoms with E-state index in [0.717, 1.165) is 4.90 Å². The van der Waals surface area contributed by atoms with Crippen molar-refractivity contribution < 1.29 is 33.7 Å². The van der Waals surface area contributed by atoms with Gasteiger partial charge in [0, 0.05) is 28.4 Å². The third-order valence-electron chi connectivity index (χ3n) is 6.44. The van der Waals surface area contributed by atoms with Gasteiger partial charge in [0.15, 0.2) is 5.54 Å². The third-order valence-corrected chi connectivity index (χ3v) is 8.29. The lowest BCUT2D eigenvalue weighted by Gasteiger charge is -2.40. The van der Waals surface area contributed by atoms with E-state index in [2.05, 4.69) is 5.32 Å². The molecule has 2 aliphatic rings. The van der Waals surface area contributed by atoms with Gasteiger partial charge in [-0.05, 0) is 80.5 Å². The number of hydrogen-bond acceptors (Lipinski definition) is 8. The van der Waals surface area contributed by atoms with Crippen molar-refractivity contribution in [2.24, 2.45) is 23.7 Å². The molecule has 6 atom stereocenters. The highest BCUT2D eigenvalue weighted by Crippen LogP contribution is 2.66. The standard InChI is InChI=1S/C28H39Cl2NO7S/c1-25(2,3)36-22(33)19-18-20(19)28(23(34)37-26(4,5)6,31-24(35)38-27(7,8)9)15(21(18)32)13-39-14-10-11-16(29)17(30)12-14/h10-12,15,18-21,32H,13H2,1-9H3,(H,31,35)/t15-,18?,19+,20+,21-,28+/m1/s1. The average molecular weight is 605 g/mol.